The van der Waals surface area contributed by atoms with E-state index in [2.05, 4.69) is 9.97 Å². The molecule has 24 heavy (non-hydrogen) atoms. The van der Waals surface area contributed by atoms with Gasteiger partial charge in [0.2, 0.25) is 5.78 Å². The summed E-state index contributed by atoms with van der Waals surface area (Å²) in [5, 5.41) is 10.3. The van der Waals surface area contributed by atoms with Crippen molar-refractivity contribution in [1.29, 1.82) is 0 Å². The minimum absolute atomic E-state index is 0.246. The Hall–Kier alpha value is -2.66. The molecule has 0 fully saturated rings. The van der Waals surface area contributed by atoms with E-state index in [1.807, 2.05) is 19.9 Å². The van der Waals surface area contributed by atoms with E-state index >= 15 is 0 Å². The fourth-order valence-electron chi connectivity index (χ4n) is 2.73. The van der Waals surface area contributed by atoms with Gasteiger partial charge in [-0.3, -0.25) is 14.6 Å². The first-order chi connectivity index (χ1) is 11.4. The van der Waals surface area contributed by atoms with Crippen LogP contribution in [0.4, 0.5) is 0 Å². The Morgan fingerprint density at radius 3 is 2.71 bits per heavy atom. The van der Waals surface area contributed by atoms with Crippen LogP contribution in [0, 0.1) is 13.8 Å². The topological polar surface area (TPSA) is 83.0 Å². The van der Waals surface area contributed by atoms with Crippen molar-refractivity contribution in [1.82, 2.24) is 9.97 Å². The normalized spacial score (nSPS) is 11.0. The Labute approximate surface area is 143 Å². The predicted octanol–water partition coefficient (Wildman–Crippen LogP) is 3.69. The molecule has 5 nitrogen and oxygen atoms in total. The maximum Gasteiger partial charge on any atom is 0.307 e. The molecule has 2 aromatic heterocycles. The fourth-order valence-corrected chi connectivity index (χ4v) is 2.90. The zero-order valence-electron chi connectivity index (χ0n) is 13.2. The van der Waals surface area contributed by atoms with Gasteiger partial charge in [-0.25, -0.2) is 0 Å². The number of hydrogen-bond donors (Lipinski definition) is 2. The summed E-state index contributed by atoms with van der Waals surface area (Å²) in [6, 6.07) is 6.92. The monoisotopic (exact) mass is 342 g/mol. The van der Waals surface area contributed by atoms with Crippen molar-refractivity contribution in [3.8, 4) is 0 Å². The van der Waals surface area contributed by atoms with Crippen LogP contribution < -0.4 is 0 Å². The van der Waals surface area contributed by atoms with Crippen LogP contribution in [0.3, 0.4) is 0 Å². The summed E-state index contributed by atoms with van der Waals surface area (Å²) in [5.74, 6) is -1.33. The number of aromatic amines is 1. The maximum absolute atomic E-state index is 13.0. The molecule has 0 aliphatic rings. The first-order valence-electron chi connectivity index (χ1n) is 7.37. The van der Waals surface area contributed by atoms with Gasteiger partial charge in [0.1, 0.15) is 5.69 Å². The molecule has 2 N–H and O–H groups in total. The van der Waals surface area contributed by atoms with Crippen LogP contribution in [-0.2, 0) is 11.2 Å². The van der Waals surface area contributed by atoms with E-state index in [0.29, 0.717) is 27.2 Å². The fraction of sp³-hybridized carbons (Fsp3) is 0.167. The number of aromatic nitrogens is 2. The van der Waals surface area contributed by atoms with Gasteiger partial charge in [0.05, 0.1) is 12.1 Å². The first kappa shape index (κ1) is 16.2. The number of pyridine rings is 1. The molecule has 3 rings (SSSR count). The molecule has 0 spiro atoms. The van der Waals surface area contributed by atoms with Crippen molar-refractivity contribution in [2.45, 2.75) is 20.3 Å². The largest absolute Gasteiger partial charge is 0.481 e. The minimum Gasteiger partial charge on any atom is -0.481 e. The number of carbonyl (C=O) groups excluding carboxylic acids is 1. The van der Waals surface area contributed by atoms with Gasteiger partial charge in [0, 0.05) is 27.7 Å². The van der Waals surface area contributed by atoms with Gasteiger partial charge in [0.15, 0.2) is 0 Å². The SMILES string of the molecule is Cc1ccnc(C(=O)c2[nH]c3ccc(Cl)cc3c2CC(=O)O)c1C. The number of ketones is 1. The van der Waals surface area contributed by atoms with E-state index in [0.717, 1.165) is 11.1 Å². The van der Waals surface area contributed by atoms with Gasteiger partial charge in [0.25, 0.3) is 0 Å². The molecular weight excluding hydrogens is 328 g/mol. The van der Waals surface area contributed by atoms with Crippen molar-refractivity contribution >= 4 is 34.3 Å². The van der Waals surface area contributed by atoms with E-state index in [-0.39, 0.29) is 17.9 Å². The number of carbonyl (C=O) groups is 2. The molecule has 3 aromatic rings. The second-order valence-corrected chi connectivity index (χ2v) is 6.11. The van der Waals surface area contributed by atoms with Crippen molar-refractivity contribution in [2.75, 3.05) is 0 Å². The number of carboxylic acid groups (broad SMARTS) is 1. The van der Waals surface area contributed by atoms with Crippen LogP contribution in [0.25, 0.3) is 10.9 Å². The highest BCUT2D eigenvalue weighted by Crippen LogP contribution is 2.28. The smallest absolute Gasteiger partial charge is 0.307 e. The second kappa shape index (κ2) is 6.09. The molecule has 0 aliphatic heterocycles. The summed E-state index contributed by atoms with van der Waals surface area (Å²) in [4.78, 5) is 31.4. The number of carboxylic acids is 1. The second-order valence-electron chi connectivity index (χ2n) is 5.67. The minimum atomic E-state index is -1.01. The summed E-state index contributed by atoms with van der Waals surface area (Å²) in [7, 11) is 0. The van der Waals surface area contributed by atoms with Crippen LogP contribution in [0.5, 0.6) is 0 Å². The average molecular weight is 343 g/mol. The Balaban J connectivity index is 2.23. The standard InChI is InChI=1S/C18H15ClN2O3/c1-9-5-6-20-16(10(9)2)18(24)17-13(8-15(22)23)12-7-11(19)3-4-14(12)21-17/h3-7,21H,8H2,1-2H3,(H,22,23). The zero-order chi connectivity index (χ0) is 17.4. The number of nitrogens with zero attached hydrogens (tertiary/aromatic N) is 1. The van der Waals surface area contributed by atoms with Gasteiger partial charge in [-0.15, -0.1) is 0 Å². The third-order valence-corrected chi connectivity index (χ3v) is 4.35. The van der Waals surface area contributed by atoms with Gasteiger partial charge in [-0.2, -0.15) is 0 Å². The molecule has 0 bridgehead atoms. The number of H-pyrrole nitrogens is 1. The Morgan fingerprint density at radius 1 is 1.25 bits per heavy atom. The van der Waals surface area contributed by atoms with Gasteiger partial charge in [-0.05, 0) is 49.2 Å². The lowest BCUT2D eigenvalue weighted by Crippen LogP contribution is -2.12. The van der Waals surface area contributed by atoms with E-state index in [4.69, 9.17) is 11.6 Å². The molecule has 0 saturated heterocycles. The number of fused-ring (bicyclic) bond motifs is 1. The molecule has 0 radical (unpaired) electrons. The predicted molar refractivity (Wildman–Crippen MR) is 91.8 cm³/mol. The third-order valence-electron chi connectivity index (χ3n) is 4.11. The molecule has 0 aliphatic carbocycles. The van der Waals surface area contributed by atoms with Crippen molar-refractivity contribution in [2.24, 2.45) is 0 Å². The van der Waals surface area contributed by atoms with Crippen molar-refractivity contribution < 1.29 is 14.7 Å². The van der Waals surface area contributed by atoms with Crippen LogP contribution >= 0.6 is 11.6 Å². The molecule has 1 aromatic carbocycles. The number of rotatable bonds is 4. The van der Waals surface area contributed by atoms with Gasteiger partial charge in [-0.1, -0.05) is 11.6 Å². The third kappa shape index (κ3) is 2.78. The zero-order valence-corrected chi connectivity index (χ0v) is 13.9. The molecule has 0 amide bonds. The molecule has 0 atom stereocenters. The molecule has 122 valence electrons. The lowest BCUT2D eigenvalue weighted by Gasteiger charge is -2.07. The summed E-state index contributed by atoms with van der Waals surface area (Å²) in [5.41, 5.74) is 3.39. The molecule has 0 saturated carbocycles. The van der Waals surface area contributed by atoms with E-state index in [9.17, 15) is 14.7 Å². The molecular formula is C18H15ClN2O3. The summed E-state index contributed by atoms with van der Waals surface area (Å²) in [6.07, 6.45) is 1.30. The highest BCUT2D eigenvalue weighted by Gasteiger charge is 2.23. The summed E-state index contributed by atoms with van der Waals surface area (Å²) < 4.78 is 0. The number of aryl methyl sites for hydroxylation is 1. The number of hydrogen-bond acceptors (Lipinski definition) is 3. The molecule has 0 unspecified atom stereocenters. The number of nitrogens with one attached hydrogen (secondary N) is 1. The Bertz CT molecular complexity index is 976. The summed E-state index contributed by atoms with van der Waals surface area (Å²) in [6.45, 7) is 3.73. The lowest BCUT2D eigenvalue weighted by molar-refractivity contribution is -0.136. The highest BCUT2D eigenvalue weighted by atomic mass is 35.5. The lowest BCUT2D eigenvalue weighted by atomic mass is 10.0. The van der Waals surface area contributed by atoms with Crippen LogP contribution in [0.2, 0.25) is 5.02 Å². The Morgan fingerprint density at radius 2 is 2.00 bits per heavy atom. The van der Waals surface area contributed by atoms with Crippen LogP contribution in [0.15, 0.2) is 30.5 Å². The molecule has 2 heterocycles. The quantitative estimate of drug-likeness (QED) is 0.708. The Kier molecular flexibility index (Phi) is 4.11. The van der Waals surface area contributed by atoms with Crippen LogP contribution in [-0.4, -0.2) is 26.8 Å². The maximum atomic E-state index is 13.0. The van der Waals surface area contributed by atoms with Crippen molar-refractivity contribution in [3.05, 3.63) is 63.6 Å². The van der Waals surface area contributed by atoms with Crippen LogP contribution in [0.1, 0.15) is 32.9 Å². The summed E-state index contributed by atoms with van der Waals surface area (Å²) >= 11 is 6.02. The highest BCUT2D eigenvalue weighted by molar-refractivity contribution is 6.31. The number of halogens is 1. The van der Waals surface area contributed by atoms with Gasteiger partial charge < -0.3 is 10.1 Å². The van der Waals surface area contributed by atoms with E-state index < -0.39 is 5.97 Å². The van der Waals surface area contributed by atoms with Gasteiger partial charge >= 0.3 is 5.97 Å². The van der Waals surface area contributed by atoms with E-state index in [1.165, 1.54) is 0 Å². The number of benzene rings is 1. The average Bonchev–Trinajstić information content (AvgIpc) is 2.87. The van der Waals surface area contributed by atoms with E-state index in [1.54, 1.807) is 24.4 Å². The first-order valence-corrected chi connectivity index (χ1v) is 7.75. The van der Waals surface area contributed by atoms with Crippen molar-refractivity contribution in [3.63, 3.8) is 0 Å². The number of aliphatic carboxylic acids is 1. The molecule has 6 heteroatoms.